The van der Waals surface area contributed by atoms with Gasteiger partial charge >= 0.3 is 5.97 Å². The van der Waals surface area contributed by atoms with Gasteiger partial charge in [-0.1, -0.05) is 61.3 Å². The average Bonchev–Trinajstić information content (AvgIpc) is 3.36. The van der Waals surface area contributed by atoms with E-state index < -0.39 is 12.1 Å². The van der Waals surface area contributed by atoms with Gasteiger partial charge in [-0.15, -0.1) is 0 Å². The van der Waals surface area contributed by atoms with Crippen molar-refractivity contribution in [1.29, 1.82) is 5.26 Å². The van der Waals surface area contributed by atoms with Gasteiger partial charge in [0.15, 0.2) is 0 Å². The van der Waals surface area contributed by atoms with E-state index in [4.69, 9.17) is 21.1 Å². The Bertz CT molecular complexity index is 1170. The van der Waals surface area contributed by atoms with Crippen LogP contribution in [-0.2, 0) is 9.53 Å². The molecule has 5 nitrogen and oxygen atoms in total. The smallest absolute Gasteiger partial charge is 0.311 e. The maximum Gasteiger partial charge on any atom is 0.311 e. The molecule has 0 saturated heterocycles. The molecule has 0 aliphatic heterocycles. The zero-order valence-corrected chi connectivity index (χ0v) is 18.8. The van der Waals surface area contributed by atoms with E-state index in [2.05, 4.69) is 4.98 Å². The highest BCUT2D eigenvalue weighted by molar-refractivity contribution is 6.30. The van der Waals surface area contributed by atoms with Gasteiger partial charge in [-0.3, -0.25) is 4.79 Å². The number of ether oxygens (including phenoxy) is 2. The SMILES string of the molecule is Cc1ccc(Oc2cccc(C(C#N)OC(=O)C3C(c4ccc(Cl)cc4)C3(C)C)n2)cc1. The summed E-state index contributed by atoms with van der Waals surface area (Å²) in [6.07, 6.45) is -1.12. The second-order valence-electron chi connectivity index (χ2n) is 8.59. The maximum atomic E-state index is 13.0. The number of aromatic nitrogens is 1. The number of benzene rings is 2. The first-order chi connectivity index (χ1) is 15.3. The second kappa shape index (κ2) is 8.64. The Kier molecular flexibility index (Phi) is 5.90. The minimum absolute atomic E-state index is 0.00998. The Morgan fingerprint density at radius 2 is 1.78 bits per heavy atom. The predicted octanol–water partition coefficient (Wildman–Crippen LogP) is 6.38. The molecule has 1 heterocycles. The van der Waals surface area contributed by atoms with Gasteiger partial charge in [0.2, 0.25) is 12.0 Å². The van der Waals surface area contributed by atoms with Gasteiger partial charge in [0.25, 0.3) is 0 Å². The average molecular weight is 447 g/mol. The fourth-order valence-corrected chi connectivity index (χ4v) is 4.20. The Morgan fingerprint density at radius 3 is 2.44 bits per heavy atom. The standard InChI is InChI=1S/C26H23ClN2O3/c1-16-7-13-19(14-8-16)31-22-6-4-5-20(29-22)21(15-28)32-25(30)24-23(26(24,2)3)17-9-11-18(27)12-10-17/h4-14,21,23-24H,1-3H3. The van der Waals surface area contributed by atoms with Crippen molar-refractivity contribution < 1.29 is 14.3 Å². The second-order valence-corrected chi connectivity index (χ2v) is 9.03. The van der Waals surface area contributed by atoms with Crippen molar-refractivity contribution in [3.63, 3.8) is 0 Å². The lowest BCUT2D eigenvalue weighted by molar-refractivity contribution is -0.149. The minimum Gasteiger partial charge on any atom is -0.440 e. The van der Waals surface area contributed by atoms with Crippen molar-refractivity contribution in [2.75, 3.05) is 0 Å². The van der Waals surface area contributed by atoms with Crippen molar-refractivity contribution in [3.8, 4) is 17.7 Å². The molecule has 162 valence electrons. The number of aryl methyl sites for hydroxylation is 1. The van der Waals surface area contributed by atoms with Gasteiger partial charge in [-0.2, -0.15) is 5.26 Å². The highest BCUT2D eigenvalue weighted by atomic mass is 35.5. The number of hydrogen-bond donors (Lipinski definition) is 0. The molecular weight excluding hydrogens is 424 g/mol. The Morgan fingerprint density at radius 1 is 1.09 bits per heavy atom. The van der Waals surface area contributed by atoms with E-state index in [1.165, 1.54) is 0 Å². The lowest BCUT2D eigenvalue weighted by Crippen LogP contribution is -2.15. The summed E-state index contributed by atoms with van der Waals surface area (Å²) in [6, 6.07) is 22.2. The Labute approximate surface area is 192 Å². The molecule has 0 amide bonds. The quantitative estimate of drug-likeness (QED) is 0.410. The van der Waals surface area contributed by atoms with Crippen LogP contribution in [-0.4, -0.2) is 11.0 Å². The molecule has 1 aliphatic carbocycles. The predicted molar refractivity (Wildman–Crippen MR) is 121 cm³/mol. The van der Waals surface area contributed by atoms with Crippen molar-refractivity contribution in [2.24, 2.45) is 11.3 Å². The van der Waals surface area contributed by atoms with Crippen LogP contribution in [0.4, 0.5) is 0 Å². The summed E-state index contributed by atoms with van der Waals surface area (Å²) in [6.45, 7) is 6.04. The first kappa shape index (κ1) is 21.9. The van der Waals surface area contributed by atoms with E-state index in [1.807, 2.05) is 75.4 Å². The number of nitriles is 1. The first-order valence-electron chi connectivity index (χ1n) is 10.4. The molecule has 0 spiro atoms. The van der Waals surface area contributed by atoms with Gasteiger partial charge in [0.05, 0.1) is 11.6 Å². The molecule has 1 aromatic heterocycles. The topological polar surface area (TPSA) is 72.2 Å². The Balaban J connectivity index is 1.47. The fourth-order valence-electron chi connectivity index (χ4n) is 4.07. The molecule has 3 atom stereocenters. The third-order valence-corrected chi connectivity index (χ3v) is 6.17. The van der Waals surface area contributed by atoms with Gasteiger partial charge in [-0.05, 0) is 48.2 Å². The summed E-state index contributed by atoms with van der Waals surface area (Å²) in [4.78, 5) is 17.3. The summed E-state index contributed by atoms with van der Waals surface area (Å²) in [7, 11) is 0. The van der Waals surface area contributed by atoms with E-state index in [0.29, 0.717) is 22.3 Å². The van der Waals surface area contributed by atoms with Gasteiger partial charge in [0.1, 0.15) is 11.8 Å². The number of rotatable bonds is 6. The molecule has 0 N–H and O–H groups in total. The summed E-state index contributed by atoms with van der Waals surface area (Å²) < 4.78 is 11.4. The van der Waals surface area contributed by atoms with Crippen molar-refractivity contribution in [2.45, 2.75) is 32.8 Å². The molecule has 0 radical (unpaired) electrons. The van der Waals surface area contributed by atoms with E-state index >= 15 is 0 Å². The van der Waals surface area contributed by atoms with E-state index in [9.17, 15) is 10.1 Å². The molecule has 1 saturated carbocycles. The normalized spacial score (nSPS) is 19.5. The summed E-state index contributed by atoms with van der Waals surface area (Å²) in [5, 5.41) is 10.3. The van der Waals surface area contributed by atoms with Crippen LogP contribution in [0, 0.1) is 29.6 Å². The fraction of sp³-hybridized carbons (Fsp3) is 0.269. The summed E-state index contributed by atoms with van der Waals surface area (Å²) in [5.41, 5.74) is 2.21. The highest BCUT2D eigenvalue weighted by Gasteiger charge is 2.63. The van der Waals surface area contributed by atoms with Crippen LogP contribution in [0.5, 0.6) is 11.6 Å². The molecule has 3 aromatic rings. The van der Waals surface area contributed by atoms with Crippen LogP contribution < -0.4 is 4.74 Å². The van der Waals surface area contributed by atoms with Crippen LogP contribution in [0.25, 0.3) is 0 Å². The lowest BCUT2D eigenvalue weighted by atomic mass is 10.0. The maximum absolute atomic E-state index is 13.0. The van der Waals surface area contributed by atoms with Crippen molar-refractivity contribution in [1.82, 2.24) is 4.98 Å². The van der Waals surface area contributed by atoms with E-state index in [0.717, 1.165) is 11.1 Å². The Hall–Kier alpha value is -3.36. The molecule has 3 unspecified atom stereocenters. The summed E-state index contributed by atoms with van der Waals surface area (Å²) in [5.74, 6) is 0.222. The molecule has 2 aromatic carbocycles. The number of halogens is 1. The minimum atomic E-state index is -1.12. The number of pyridine rings is 1. The monoisotopic (exact) mass is 446 g/mol. The van der Waals surface area contributed by atoms with Crippen LogP contribution in [0.15, 0.2) is 66.7 Å². The van der Waals surface area contributed by atoms with Gasteiger partial charge < -0.3 is 9.47 Å². The van der Waals surface area contributed by atoms with Crippen molar-refractivity contribution in [3.05, 3.63) is 88.6 Å². The molecule has 1 fully saturated rings. The number of hydrogen-bond acceptors (Lipinski definition) is 5. The lowest BCUT2D eigenvalue weighted by Gasteiger charge is -2.12. The van der Waals surface area contributed by atoms with Crippen LogP contribution in [0.1, 0.15) is 42.7 Å². The third-order valence-electron chi connectivity index (χ3n) is 5.92. The van der Waals surface area contributed by atoms with Crippen molar-refractivity contribution >= 4 is 17.6 Å². The largest absolute Gasteiger partial charge is 0.440 e. The number of esters is 1. The van der Waals surface area contributed by atoms with Gasteiger partial charge in [0, 0.05) is 17.0 Å². The zero-order chi connectivity index (χ0) is 22.9. The summed E-state index contributed by atoms with van der Waals surface area (Å²) >= 11 is 5.99. The zero-order valence-electron chi connectivity index (χ0n) is 18.1. The van der Waals surface area contributed by atoms with Crippen LogP contribution in [0.3, 0.4) is 0 Å². The van der Waals surface area contributed by atoms with E-state index in [-0.39, 0.29) is 17.3 Å². The number of nitrogens with zero attached hydrogens (tertiary/aromatic N) is 2. The van der Waals surface area contributed by atoms with E-state index in [1.54, 1.807) is 18.2 Å². The molecule has 4 rings (SSSR count). The number of carbonyl (C=O) groups excluding carboxylic acids is 1. The number of carbonyl (C=O) groups is 1. The third kappa shape index (κ3) is 4.46. The first-order valence-corrected chi connectivity index (χ1v) is 10.7. The van der Waals surface area contributed by atoms with Crippen LogP contribution >= 0.6 is 11.6 Å². The highest BCUT2D eigenvalue weighted by Crippen LogP contribution is 2.65. The van der Waals surface area contributed by atoms with Crippen LogP contribution in [0.2, 0.25) is 5.02 Å². The van der Waals surface area contributed by atoms with Gasteiger partial charge in [-0.25, -0.2) is 4.98 Å². The molecule has 0 bridgehead atoms. The molecule has 1 aliphatic rings. The molecule has 32 heavy (non-hydrogen) atoms. The molecular formula is C26H23ClN2O3. The molecule has 6 heteroatoms.